The molecule has 0 saturated heterocycles. The van der Waals surface area contributed by atoms with Gasteiger partial charge in [-0.3, -0.25) is 9.78 Å². The zero-order valence-corrected chi connectivity index (χ0v) is 24.8. The molecule has 5 rings (SSSR count). The van der Waals surface area contributed by atoms with Gasteiger partial charge < -0.3 is 20.1 Å². The highest BCUT2D eigenvalue weighted by Gasteiger charge is 2.34. The number of nitrogens with one attached hydrogen (secondary N) is 1. The van der Waals surface area contributed by atoms with Crippen LogP contribution in [0.1, 0.15) is 69.7 Å². The van der Waals surface area contributed by atoms with E-state index in [-0.39, 0.29) is 40.7 Å². The molecule has 40 heavy (non-hydrogen) atoms. The number of aromatic nitrogens is 1. The maximum Gasteiger partial charge on any atom is 0.410 e. The van der Waals surface area contributed by atoms with Crippen LogP contribution >= 0.6 is 23.2 Å². The van der Waals surface area contributed by atoms with Gasteiger partial charge in [-0.1, -0.05) is 29.3 Å². The molecule has 212 valence electrons. The lowest BCUT2D eigenvalue weighted by molar-refractivity contribution is 0.0185. The molecule has 1 aromatic heterocycles. The largest absolute Gasteiger partial charge is 0.506 e. The van der Waals surface area contributed by atoms with E-state index in [2.05, 4.69) is 10.3 Å². The highest BCUT2D eigenvalue weighted by molar-refractivity contribution is 6.36. The molecule has 0 atom stereocenters. The Balaban J connectivity index is 1.43. The molecular formula is C31H35Cl2N3O4. The number of ether oxygens (including phenoxy) is 1. The molecule has 2 N–H and O–H groups in total. The van der Waals surface area contributed by atoms with E-state index in [1.165, 1.54) is 6.07 Å². The Bertz CT molecular complexity index is 1460. The van der Waals surface area contributed by atoms with Gasteiger partial charge in [-0.2, -0.15) is 0 Å². The summed E-state index contributed by atoms with van der Waals surface area (Å²) in [7, 11) is 1.80. The van der Waals surface area contributed by atoms with Gasteiger partial charge in [-0.25, -0.2) is 4.79 Å². The van der Waals surface area contributed by atoms with Crippen LogP contribution < -0.4 is 5.32 Å². The number of rotatable bonds is 6. The topological polar surface area (TPSA) is 91.8 Å². The van der Waals surface area contributed by atoms with Gasteiger partial charge in [0.1, 0.15) is 11.4 Å². The highest BCUT2D eigenvalue weighted by Crippen LogP contribution is 2.41. The third kappa shape index (κ3) is 6.16. The van der Waals surface area contributed by atoms with Crippen molar-refractivity contribution in [2.45, 2.75) is 77.0 Å². The molecule has 2 saturated carbocycles. The summed E-state index contributed by atoms with van der Waals surface area (Å²) >= 11 is 12.7. The summed E-state index contributed by atoms with van der Waals surface area (Å²) in [4.78, 5) is 32.3. The van der Waals surface area contributed by atoms with E-state index < -0.39 is 5.60 Å². The Labute approximate surface area is 244 Å². The highest BCUT2D eigenvalue weighted by atomic mass is 35.5. The van der Waals surface area contributed by atoms with Crippen LogP contribution in [-0.2, 0) is 4.74 Å². The molecule has 2 aliphatic rings. The number of pyridine rings is 1. The smallest absolute Gasteiger partial charge is 0.410 e. The lowest BCUT2D eigenvalue weighted by atomic mass is 9.89. The first-order chi connectivity index (χ1) is 18.9. The minimum atomic E-state index is -0.536. The first-order valence-electron chi connectivity index (χ1n) is 13.8. The predicted octanol–water partition coefficient (Wildman–Crippen LogP) is 8.10. The van der Waals surface area contributed by atoms with Crippen molar-refractivity contribution in [1.29, 1.82) is 0 Å². The van der Waals surface area contributed by atoms with Crippen molar-refractivity contribution in [2.75, 3.05) is 12.4 Å². The summed E-state index contributed by atoms with van der Waals surface area (Å²) in [6.45, 7) is 5.61. The number of aromatic hydroxyl groups is 1. The Morgan fingerprint density at radius 2 is 1.73 bits per heavy atom. The van der Waals surface area contributed by atoms with Gasteiger partial charge in [-0.05, 0) is 83.1 Å². The Hall–Kier alpha value is -3.03. The van der Waals surface area contributed by atoms with E-state index in [0.29, 0.717) is 16.1 Å². The summed E-state index contributed by atoms with van der Waals surface area (Å²) in [5.74, 6) is 0.0864. The summed E-state index contributed by atoms with van der Waals surface area (Å²) in [6, 6.07) is 9.10. The predicted molar refractivity (Wildman–Crippen MR) is 160 cm³/mol. The van der Waals surface area contributed by atoms with Crippen LogP contribution in [0.5, 0.6) is 5.75 Å². The second kappa shape index (κ2) is 11.1. The Morgan fingerprint density at radius 1 is 1.02 bits per heavy atom. The van der Waals surface area contributed by atoms with Gasteiger partial charge in [0.05, 0.1) is 26.8 Å². The summed E-state index contributed by atoms with van der Waals surface area (Å²) < 4.78 is 5.56. The standard InChI is InChI=1S/C31H35Cl2N3O4/c1-31(2,3)40-30(39)36(4)20-10-8-19(9-11-20)35-28-22-13-18(21-14-25(33)27(37)15-24(21)32)7-12-26(22)34-16-23(28)29(38)17-5-6-17/h7,12-17,19-20,37H,5-6,8-11H2,1-4H3,(H,34,35). The number of phenolic OH excluding ortho intramolecular Hbond substituents is 1. The number of hydrogen-bond donors (Lipinski definition) is 2. The molecular weight excluding hydrogens is 549 g/mol. The SMILES string of the molecule is CN(C(=O)OC(C)(C)C)C1CCC(Nc2c(C(=O)C3CC3)cnc3ccc(-c4cc(Cl)c(O)cc4Cl)cc23)CC1. The molecule has 1 heterocycles. The zero-order valence-electron chi connectivity index (χ0n) is 23.3. The molecule has 0 unspecified atom stereocenters. The molecule has 7 nitrogen and oxygen atoms in total. The summed E-state index contributed by atoms with van der Waals surface area (Å²) in [5, 5.41) is 15.1. The van der Waals surface area contributed by atoms with Crippen molar-refractivity contribution in [3.63, 3.8) is 0 Å². The second-order valence-electron chi connectivity index (χ2n) is 11.9. The van der Waals surface area contributed by atoms with E-state index >= 15 is 0 Å². The molecule has 3 aromatic rings. The van der Waals surface area contributed by atoms with Crippen molar-refractivity contribution in [3.05, 3.63) is 52.1 Å². The van der Waals surface area contributed by atoms with Gasteiger partial charge in [0.2, 0.25) is 0 Å². The number of nitrogens with zero attached hydrogens (tertiary/aromatic N) is 2. The fourth-order valence-electron chi connectivity index (χ4n) is 5.32. The fraction of sp³-hybridized carbons (Fsp3) is 0.452. The molecule has 0 spiro atoms. The van der Waals surface area contributed by atoms with E-state index in [0.717, 1.165) is 60.7 Å². The van der Waals surface area contributed by atoms with Crippen molar-refractivity contribution < 1.29 is 19.4 Å². The third-order valence-electron chi connectivity index (χ3n) is 7.70. The van der Waals surface area contributed by atoms with Gasteiger partial charge in [0, 0.05) is 48.3 Å². The van der Waals surface area contributed by atoms with Crippen LogP contribution in [0.3, 0.4) is 0 Å². The number of carbonyl (C=O) groups excluding carboxylic acids is 2. The average molecular weight is 585 g/mol. The quantitative estimate of drug-likeness (QED) is 0.285. The number of Topliss-reactive ketones (excluding diaryl/α,β-unsaturated/α-hetero) is 1. The molecule has 0 bridgehead atoms. The van der Waals surface area contributed by atoms with Crippen LogP contribution in [0, 0.1) is 5.92 Å². The van der Waals surface area contributed by atoms with Crippen LogP contribution in [-0.4, -0.2) is 51.6 Å². The number of ketones is 1. The maximum absolute atomic E-state index is 13.3. The van der Waals surface area contributed by atoms with Crippen molar-refractivity contribution in [2.24, 2.45) is 5.92 Å². The summed E-state index contributed by atoms with van der Waals surface area (Å²) in [5.41, 5.74) is 3.11. The molecule has 0 radical (unpaired) electrons. The fourth-order valence-corrected chi connectivity index (χ4v) is 5.75. The average Bonchev–Trinajstić information content (AvgIpc) is 3.75. The number of anilines is 1. The van der Waals surface area contributed by atoms with Crippen LogP contribution in [0.15, 0.2) is 36.5 Å². The monoisotopic (exact) mass is 583 g/mol. The lowest BCUT2D eigenvalue weighted by Gasteiger charge is -2.36. The minimum Gasteiger partial charge on any atom is -0.506 e. The molecule has 2 aliphatic carbocycles. The molecule has 2 aromatic carbocycles. The second-order valence-corrected chi connectivity index (χ2v) is 12.8. The van der Waals surface area contributed by atoms with Gasteiger partial charge in [-0.15, -0.1) is 0 Å². The lowest BCUT2D eigenvalue weighted by Crippen LogP contribution is -2.43. The van der Waals surface area contributed by atoms with E-state index in [1.807, 2.05) is 39.0 Å². The first-order valence-corrected chi connectivity index (χ1v) is 14.5. The number of carbonyl (C=O) groups is 2. The molecule has 1 amide bonds. The van der Waals surface area contributed by atoms with Gasteiger partial charge in [0.15, 0.2) is 5.78 Å². The number of halogens is 2. The van der Waals surface area contributed by atoms with Crippen molar-refractivity contribution in [1.82, 2.24) is 9.88 Å². The number of benzene rings is 2. The normalized spacial score (nSPS) is 19.4. The van der Waals surface area contributed by atoms with Crippen LogP contribution in [0.2, 0.25) is 10.0 Å². The molecule has 9 heteroatoms. The Morgan fingerprint density at radius 3 is 2.38 bits per heavy atom. The number of fused-ring (bicyclic) bond motifs is 1. The number of hydrogen-bond acceptors (Lipinski definition) is 6. The van der Waals surface area contributed by atoms with Gasteiger partial charge >= 0.3 is 6.09 Å². The van der Waals surface area contributed by atoms with E-state index in [9.17, 15) is 14.7 Å². The summed E-state index contributed by atoms with van der Waals surface area (Å²) in [6.07, 6.45) is 6.54. The first kappa shape index (κ1) is 28.5. The molecule has 2 fully saturated rings. The Kier molecular flexibility index (Phi) is 7.90. The van der Waals surface area contributed by atoms with Gasteiger partial charge in [0.25, 0.3) is 0 Å². The van der Waals surface area contributed by atoms with Crippen molar-refractivity contribution >= 4 is 51.7 Å². The minimum absolute atomic E-state index is 0.0477. The number of phenols is 1. The zero-order chi connectivity index (χ0) is 28.8. The maximum atomic E-state index is 13.3. The third-order valence-corrected chi connectivity index (χ3v) is 8.32. The van der Waals surface area contributed by atoms with Crippen molar-refractivity contribution in [3.8, 4) is 16.9 Å². The number of amides is 1. The van der Waals surface area contributed by atoms with E-state index in [1.54, 1.807) is 24.2 Å². The molecule has 0 aliphatic heterocycles. The van der Waals surface area contributed by atoms with E-state index in [4.69, 9.17) is 27.9 Å². The van der Waals surface area contributed by atoms with Crippen LogP contribution in [0.25, 0.3) is 22.0 Å². The van der Waals surface area contributed by atoms with Crippen LogP contribution in [0.4, 0.5) is 10.5 Å².